The number of ether oxygens (including phenoxy) is 1. The number of hydrogen-bond donors (Lipinski definition) is 3. The highest BCUT2D eigenvalue weighted by atomic mass is 32.2. The fourth-order valence-corrected chi connectivity index (χ4v) is 9.52. The summed E-state index contributed by atoms with van der Waals surface area (Å²) in [4.78, 5) is 63.8. The van der Waals surface area contributed by atoms with Gasteiger partial charge in [0.15, 0.2) is 5.13 Å². The summed E-state index contributed by atoms with van der Waals surface area (Å²) in [7, 11) is -3.88. The highest BCUT2D eigenvalue weighted by Gasteiger charge is 2.62. The Labute approximate surface area is 308 Å². The summed E-state index contributed by atoms with van der Waals surface area (Å²) in [6, 6.07) is 4.10. The standard InChI is InChI=1S/C37H46N6O7S2/c1-5-24-17-37(24,33(46)41-52(48,49)27-14-15-27)40-31(44)29-16-26-19-43(29)32(45)30(36(2,3)4)39-34-38-25(21-51-34)13-8-6-7-10-22-11-9-12-23-18-42(20-28(22)23)35(47)50-26/h5,7,9-12,21,24,26-27,29-30H,1,6,8,13-20H2,2-4H3,(H,38,39)(H,40,44)(H,41,46)/t24-,26-,29+,30-,37-/m1/s1. The molecule has 5 aliphatic rings. The van der Waals surface area contributed by atoms with Gasteiger partial charge in [0.05, 0.1) is 24.0 Å². The molecule has 4 heterocycles. The van der Waals surface area contributed by atoms with E-state index in [1.165, 1.54) is 22.3 Å². The van der Waals surface area contributed by atoms with Crippen LogP contribution < -0.4 is 15.4 Å². The lowest BCUT2D eigenvalue weighted by atomic mass is 9.85. The number of amides is 4. The van der Waals surface area contributed by atoms with Gasteiger partial charge in [-0.3, -0.25) is 24.0 Å². The maximum atomic E-state index is 14.6. The van der Waals surface area contributed by atoms with E-state index < -0.39 is 68.2 Å². The number of aryl methyl sites for hydroxylation is 1. The molecule has 2 aliphatic carbocycles. The summed E-state index contributed by atoms with van der Waals surface area (Å²) >= 11 is 1.41. The van der Waals surface area contributed by atoms with Crippen LogP contribution in [-0.2, 0) is 48.7 Å². The van der Waals surface area contributed by atoms with Crippen LogP contribution in [0, 0.1) is 11.3 Å². The molecule has 3 fully saturated rings. The van der Waals surface area contributed by atoms with Crippen LogP contribution in [0.3, 0.4) is 0 Å². The maximum absolute atomic E-state index is 14.6. The zero-order valence-corrected chi connectivity index (χ0v) is 31.4. The lowest BCUT2D eigenvalue weighted by Crippen LogP contribution is -2.58. The SMILES string of the molecule is C=C[C@@H]1C[C@]1(NC(=O)[C@@H]1C[C@@H]2CN1C(=O)[C@H](C(C)(C)C)Nc1nc(cs1)CCCC=Cc1cccc3c1CN(C3)C(=O)O2)C(=O)NS(=O)(=O)C1CC1. The molecular formula is C37H46N6O7S2. The summed E-state index contributed by atoms with van der Waals surface area (Å²) in [5.41, 5.74) is 1.91. The van der Waals surface area contributed by atoms with Crippen molar-refractivity contribution < 1.29 is 32.3 Å². The predicted octanol–water partition coefficient (Wildman–Crippen LogP) is 4.11. The van der Waals surface area contributed by atoms with Gasteiger partial charge in [0.25, 0.3) is 5.91 Å². The molecule has 4 amide bonds. The normalized spacial score (nSPS) is 27.8. The number of allylic oxidation sites excluding steroid dienone is 1. The molecule has 5 atom stereocenters. The first-order chi connectivity index (χ1) is 24.7. The largest absolute Gasteiger partial charge is 0.444 e. The first-order valence-corrected chi connectivity index (χ1v) is 20.4. The van der Waals surface area contributed by atoms with E-state index in [0.717, 1.165) is 41.6 Å². The molecule has 2 saturated carbocycles. The molecule has 2 aromatic rings. The number of thiazole rings is 1. The molecular weight excluding hydrogens is 705 g/mol. The molecule has 1 aromatic carbocycles. The van der Waals surface area contributed by atoms with Gasteiger partial charge in [-0.25, -0.2) is 18.2 Å². The molecule has 6 bridgehead atoms. The summed E-state index contributed by atoms with van der Waals surface area (Å²) in [6.45, 7) is 10.2. The lowest BCUT2D eigenvalue weighted by molar-refractivity contribution is -0.141. The van der Waals surface area contributed by atoms with E-state index in [-0.39, 0.29) is 25.3 Å². The number of fused-ring (bicyclic) bond motifs is 5. The minimum atomic E-state index is -3.88. The number of hydrogen-bond acceptors (Lipinski definition) is 10. The van der Waals surface area contributed by atoms with Crippen LogP contribution >= 0.6 is 11.3 Å². The second kappa shape index (κ2) is 13.6. The van der Waals surface area contributed by atoms with Crippen molar-refractivity contribution in [2.45, 2.75) is 108 Å². The number of benzene rings is 1. The summed E-state index contributed by atoms with van der Waals surface area (Å²) in [5, 5.41) is 8.09. The fraction of sp³-hybridized carbons (Fsp3) is 0.541. The van der Waals surface area contributed by atoms with E-state index in [4.69, 9.17) is 9.72 Å². The smallest absolute Gasteiger partial charge is 0.410 e. The molecule has 1 saturated heterocycles. The molecule has 13 nitrogen and oxygen atoms in total. The van der Waals surface area contributed by atoms with Gasteiger partial charge in [0, 0.05) is 24.3 Å². The van der Waals surface area contributed by atoms with Gasteiger partial charge in [0.1, 0.15) is 23.7 Å². The Morgan fingerprint density at radius 1 is 1.19 bits per heavy atom. The van der Waals surface area contributed by atoms with Gasteiger partial charge in [-0.2, -0.15) is 0 Å². The number of nitrogens with one attached hydrogen (secondary N) is 3. The summed E-state index contributed by atoms with van der Waals surface area (Å²) < 4.78 is 33.6. The molecule has 0 spiro atoms. The van der Waals surface area contributed by atoms with Gasteiger partial charge >= 0.3 is 6.09 Å². The monoisotopic (exact) mass is 750 g/mol. The zero-order chi connectivity index (χ0) is 37.0. The average Bonchev–Trinajstić information content (AvgIpc) is 3.90. The van der Waals surface area contributed by atoms with Crippen molar-refractivity contribution in [2.24, 2.45) is 11.3 Å². The highest BCUT2D eigenvalue weighted by Crippen LogP contribution is 2.45. The molecule has 52 heavy (non-hydrogen) atoms. The van der Waals surface area contributed by atoms with E-state index in [0.29, 0.717) is 31.1 Å². The Bertz CT molecular complexity index is 1930. The second-order valence-corrected chi connectivity index (χ2v) is 18.5. The van der Waals surface area contributed by atoms with Gasteiger partial charge in [-0.1, -0.05) is 57.2 Å². The minimum Gasteiger partial charge on any atom is -0.444 e. The molecule has 278 valence electrons. The van der Waals surface area contributed by atoms with Crippen molar-refractivity contribution in [2.75, 3.05) is 11.9 Å². The molecule has 7 rings (SSSR count). The Morgan fingerprint density at radius 3 is 2.69 bits per heavy atom. The van der Waals surface area contributed by atoms with Gasteiger partial charge < -0.3 is 20.3 Å². The number of anilines is 1. The average molecular weight is 751 g/mol. The van der Waals surface area contributed by atoms with Crippen molar-refractivity contribution in [3.8, 4) is 0 Å². The maximum Gasteiger partial charge on any atom is 0.410 e. The van der Waals surface area contributed by atoms with Crippen LogP contribution in [0.15, 0.2) is 42.3 Å². The lowest BCUT2D eigenvalue weighted by Gasteiger charge is -2.35. The molecule has 3 N–H and O–H groups in total. The van der Waals surface area contributed by atoms with Crippen molar-refractivity contribution in [3.63, 3.8) is 0 Å². The Hall–Kier alpha value is -4.24. The Balaban J connectivity index is 1.18. The number of nitrogens with zero attached hydrogens (tertiary/aromatic N) is 3. The van der Waals surface area contributed by atoms with Crippen LogP contribution in [0.4, 0.5) is 9.93 Å². The van der Waals surface area contributed by atoms with Crippen LogP contribution in [0.5, 0.6) is 0 Å². The van der Waals surface area contributed by atoms with Crippen molar-refractivity contribution in [1.29, 1.82) is 0 Å². The third kappa shape index (κ3) is 7.21. The molecule has 15 heteroatoms. The van der Waals surface area contributed by atoms with Crippen LogP contribution in [0.1, 0.15) is 81.7 Å². The van der Waals surface area contributed by atoms with E-state index in [1.807, 2.05) is 44.4 Å². The third-order valence-corrected chi connectivity index (χ3v) is 13.3. The number of sulfonamides is 1. The molecule has 1 aromatic heterocycles. The van der Waals surface area contributed by atoms with Gasteiger partial charge in [0.2, 0.25) is 21.8 Å². The first kappa shape index (κ1) is 36.1. The Morgan fingerprint density at radius 2 is 1.98 bits per heavy atom. The topological polar surface area (TPSA) is 167 Å². The predicted molar refractivity (Wildman–Crippen MR) is 196 cm³/mol. The number of carbonyl (C=O) groups excluding carboxylic acids is 4. The number of carbonyl (C=O) groups is 4. The molecule has 3 aliphatic heterocycles. The summed E-state index contributed by atoms with van der Waals surface area (Å²) in [5.74, 6) is -2.34. The third-order valence-electron chi connectivity index (χ3n) is 10.7. The zero-order valence-electron chi connectivity index (χ0n) is 29.7. The second-order valence-electron chi connectivity index (χ2n) is 15.7. The van der Waals surface area contributed by atoms with Crippen LogP contribution in [0.25, 0.3) is 6.08 Å². The molecule has 0 radical (unpaired) electrons. The first-order valence-electron chi connectivity index (χ1n) is 17.9. The minimum absolute atomic E-state index is 0.00677. The van der Waals surface area contributed by atoms with Crippen molar-refractivity contribution >= 4 is 56.4 Å². The van der Waals surface area contributed by atoms with E-state index in [9.17, 15) is 27.6 Å². The van der Waals surface area contributed by atoms with Crippen LogP contribution in [-0.4, -0.2) is 82.5 Å². The van der Waals surface area contributed by atoms with E-state index >= 15 is 0 Å². The van der Waals surface area contributed by atoms with E-state index in [2.05, 4.69) is 34.1 Å². The fourth-order valence-electron chi connectivity index (χ4n) is 7.38. The van der Waals surface area contributed by atoms with Crippen molar-refractivity contribution in [1.82, 2.24) is 24.8 Å². The summed E-state index contributed by atoms with van der Waals surface area (Å²) in [6.07, 6.45) is 8.01. The van der Waals surface area contributed by atoms with Gasteiger partial charge in [-0.15, -0.1) is 17.9 Å². The van der Waals surface area contributed by atoms with Gasteiger partial charge in [-0.05, 0) is 60.6 Å². The number of rotatable bonds is 6. The van der Waals surface area contributed by atoms with Crippen LogP contribution in [0.2, 0.25) is 0 Å². The van der Waals surface area contributed by atoms with Crippen molar-refractivity contribution in [3.05, 3.63) is 64.7 Å². The number of aromatic nitrogens is 1. The Kier molecular flexibility index (Phi) is 9.47. The highest BCUT2D eigenvalue weighted by molar-refractivity contribution is 7.91. The van der Waals surface area contributed by atoms with E-state index in [1.54, 1.807) is 4.90 Å². The quantitative estimate of drug-likeness (QED) is 0.369. The molecule has 0 unspecified atom stereocenters.